The topological polar surface area (TPSA) is 29.9 Å². The number of nitrogens with one attached hydrogen (secondary N) is 1. The first-order chi connectivity index (χ1) is 9.74. The Bertz CT molecular complexity index is 720. The fraction of sp³-hybridized carbons (Fsp3) is 0.0625. The summed E-state index contributed by atoms with van der Waals surface area (Å²) in [6, 6.07) is 14.5. The van der Waals surface area contributed by atoms with Gasteiger partial charge in [-0.25, -0.2) is 9.37 Å². The average Bonchev–Trinajstić information content (AvgIpc) is 2.91. The van der Waals surface area contributed by atoms with Crippen molar-refractivity contribution in [2.24, 2.45) is 0 Å². The van der Waals surface area contributed by atoms with Crippen LogP contribution >= 0.6 is 0 Å². The Morgan fingerprint density at radius 2 is 1.90 bits per heavy atom. The van der Waals surface area contributed by atoms with Crippen molar-refractivity contribution in [2.75, 3.05) is 5.32 Å². The third kappa shape index (κ3) is 2.40. The molecule has 0 amide bonds. The minimum atomic E-state index is -0.259. The Hall–Kier alpha value is -2.62. The van der Waals surface area contributed by atoms with Crippen molar-refractivity contribution in [1.29, 1.82) is 0 Å². The number of imidazole rings is 1. The van der Waals surface area contributed by atoms with Crippen LogP contribution in [0.1, 0.15) is 5.56 Å². The number of anilines is 2. The van der Waals surface area contributed by atoms with E-state index in [0.717, 1.165) is 16.9 Å². The quantitative estimate of drug-likeness (QED) is 0.775. The summed E-state index contributed by atoms with van der Waals surface area (Å²) in [6.45, 7) is 1.95. The first-order valence-corrected chi connectivity index (χ1v) is 6.36. The summed E-state index contributed by atoms with van der Waals surface area (Å²) >= 11 is 0. The van der Waals surface area contributed by atoms with Crippen molar-refractivity contribution in [2.45, 2.75) is 6.92 Å². The molecule has 100 valence electrons. The molecule has 1 aromatic heterocycles. The number of rotatable bonds is 3. The van der Waals surface area contributed by atoms with Gasteiger partial charge in [0.15, 0.2) is 0 Å². The van der Waals surface area contributed by atoms with Crippen molar-refractivity contribution in [3.8, 4) is 5.69 Å². The number of aromatic nitrogens is 2. The van der Waals surface area contributed by atoms with Crippen LogP contribution in [-0.2, 0) is 0 Å². The Labute approximate surface area is 116 Å². The Kier molecular flexibility index (Phi) is 3.21. The zero-order valence-electron chi connectivity index (χ0n) is 11.0. The van der Waals surface area contributed by atoms with E-state index in [1.54, 1.807) is 12.3 Å². The molecule has 0 aliphatic heterocycles. The third-order valence-corrected chi connectivity index (χ3v) is 3.10. The van der Waals surface area contributed by atoms with Gasteiger partial charge in [-0.15, -0.1) is 0 Å². The second kappa shape index (κ2) is 5.17. The molecule has 3 aromatic rings. The summed E-state index contributed by atoms with van der Waals surface area (Å²) in [4.78, 5) is 4.29. The zero-order valence-corrected chi connectivity index (χ0v) is 11.0. The van der Waals surface area contributed by atoms with E-state index in [1.807, 2.05) is 48.0 Å². The molecule has 0 bridgehead atoms. The van der Waals surface area contributed by atoms with E-state index < -0.39 is 0 Å². The van der Waals surface area contributed by atoms with E-state index in [-0.39, 0.29) is 5.82 Å². The van der Waals surface area contributed by atoms with Crippen LogP contribution in [0.5, 0.6) is 0 Å². The minimum Gasteiger partial charge on any atom is -0.325 e. The molecule has 0 fully saturated rings. The number of para-hydroxylation sites is 1. The molecule has 2 aromatic carbocycles. The maximum absolute atomic E-state index is 13.4. The summed E-state index contributed by atoms with van der Waals surface area (Å²) in [6.07, 6.45) is 3.50. The number of nitrogens with zero attached hydrogens (tertiary/aromatic N) is 2. The molecule has 0 atom stereocenters. The molecule has 0 aliphatic carbocycles. The molecule has 0 saturated heterocycles. The molecule has 20 heavy (non-hydrogen) atoms. The van der Waals surface area contributed by atoms with Crippen LogP contribution in [-0.4, -0.2) is 9.55 Å². The first kappa shape index (κ1) is 12.4. The Morgan fingerprint density at radius 1 is 1.10 bits per heavy atom. The summed E-state index contributed by atoms with van der Waals surface area (Å²) in [5, 5.41) is 3.23. The molecular weight excluding hydrogens is 253 g/mol. The number of benzene rings is 2. The van der Waals surface area contributed by atoms with Crippen molar-refractivity contribution < 1.29 is 4.39 Å². The van der Waals surface area contributed by atoms with Gasteiger partial charge in [-0.2, -0.15) is 0 Å². The molecule has 0 unspecified atom stereocenters. The highest BCUT2D eigenvalue weighted by molar-refractivity contribution is 5.56. The summed E-state index contributed by atoms with van der Waals surface area (Å²) in [7, 11) is 0. The first-order valence-electron chi connectivity index (χ1n) is 6.36. The second-order valence-electron chi connectivity index (χ2n) is 4.54. The molecule has 3 nitrogen and oxygen atoms in total. The van der Waals surface area contributed by atoms with E-state index in [9.17, 15) is 4.39 Å². The van der Waals surface area contributed by atoms with Crippen molar-refractivity contribution in [1.82, 2.24) is 9.55 Å². The van der Waals surface area contributed by atoms with Gasteiger partial charge in [0.05, 0.1) is 5.69 Å². The van der Waals surface area contributed by atoms with Gasteiger partial charge >= 0.3 is 0 Å². The smallest absolute Gasteiger partial charge is 0.212 e. The van der Waals surface area contributed by atoms with Gasteiger partial charge in [-0.05, 0) is 36.8 Å². The van der Waals surface area contributed by atoms with Gasteiger partial charge in [0, 0.05) is 18.1 Å². The lowest BCUT2D eigenvalue weighted by Gasteiger charge is -2.12. The maximum Gasteiger partial charge on any atom is 0.212 e. The molecule has 0 saturated carbocycles. The maximum atomic E-state index is 13.4. The highest BCUT2D eigenvalue weighted by atomic mass is 19.1. The number of halogens is 1. The average molecular weight is 267 g/mol. The lowest BCUT2D eigenvalue weighted by Crippen LogP contribution is -2.03. The molecule has 1 N–H and O–H groups in total. The van der Waals surface area contributed by atoms with Crippen molar-refractivity contribution in [3.63, 3.8) is 0 Å². The van der Waals surface area contributed by atoms with Crippen LogP contribution in [0, 0.1) is 12.7 Å². The summed E-state index contributed by atoms with van der Waals surface area (Å²) < 4.78 is 15.3. The highest BCUT2D eigenvalue weighted by Crippen LogP contribution is 2.22. The largest absolute Gasteiger partial charge is 0.325 e. The van der Waals surface area contributed by atoms with Crippen molar-refractivity contribution in [3.05, 3.63) is 72.3 Å². The van der Waals surface area contributed by atoms with Gasteiger partial charge in [0.25, 0.3) is 0 Å². The molecule has 0 radical (unpaired) electrons. The summed E-state index contributed by atoms with van der Waals surface area (Å²) in [5.41, 5.74) is 2.70. The Morgan fingerprint density at radius 3 is 2.70 bits per heavy atom. The molecule has 0 aliphatic rings. The van der Waals surface area contributed by atoms with Gasteiger partial charge in [-0.3, -0.25) is 4.57 Å². The van der Waals surface area contributed by atoms with Crippen LogP contribution in [0.2, 0.25) is 0 Å². The third-order valence-electron chi connectivity index (χ3n) is 3.10. The van der Waals surface area contributed by atoms with Gasteiger partial charge in [-0.1, -0.05) is 24.3 Å². The van der Waals surface area contributed by atoms with Gasteiger partial charge in [0.2, 0.25) is 5.95 Å². The van der Waals surface area contributed by atoms with Gasteiger partial charge < -0.3 is 5.32 Å². The van der Waals surface area contributed by atoms with E-state index in [2.05, 4.69) is 10.3 Å². The Balaban J connectivity index is 2.00. The lowest BCUT2D eigenvalue weighted by molar-refractivity contribution is 0.626. The van der Waals surface area contributed by atoms with E-state index in [0.29, 0.717) is 5.95 Å². The molecule has 4 heteroatoms. The van der Waals surface area contributed by atoms with E-state index >= 15 is 0 Å². The predicted octanol–water partition coefficient (Wildman–Crippen LogP) is 4.06. The van der Waals surface area contributed by atoms with Gasteiger partial charge in [0.1, 0.15) is 5.82 Å². The monoisotopic (exact) mass is 267 g/mol. The van der Waals surface area contributed by atoms with Crippen molar-refractivity contribution >= 4 is 11.6 Å². The zero-order chi connectivity index (χ0) is 13.9. The van der Waals surface area contributed by atoms with Crippen LogP contribution in [0.4, 0.5) is 16.0 Å². The lowest BCUT2D eigenvalue weighted by atomic mass is 10.2. The van der Waals surface area contributed by atoms with Crippen LogP contribution in [0.25, 0.3) is 5.69 Å². The van der Waals surface area contributed by atoms with Crippen LogP contribution in [0.3, 0.4) is 0 Å². The summed E-state index contributed by atoms with van der Waals surface area (Å²) in [5.74, 6) is 0.398. The molecule has 0 spiro atoms. The predicted molar refractivity (Wildman–Crippen MR) is 78.0 cm³/mol. The number of aryl methyl sites for hydroxylation is 1. The molecular formula is C16H14FN3. The fourth-order valence-electron chi connectivity index (χ4n) is 2.08. The highest BCUT2D eigenvalue weighted by Gasteiger charge is 2.08. The number of hydrogen-bond acceptors (Lipinski definition) is 2. The normalized spacial score (nSPS) is 10.5. The van der Waals surface area contributed by atoms with Crippen LogP contribution in [0.15, 0.2) is 60.9 Å². The molecule has 3 rings (SSSR count). The second-order valence-corrected chi connectivity index (χ2v) is 4.54. The SMILES string of the molecule is Cc1ccc(F)cc1-n1ccnc1Nc1ccccc1. The molecule has 1 heterocycles. The standard InChI is InChI=1S/C16H14FN3/c1-12-7-8-13(17)11-15(12)20-10-9-18-16(20)19-14-5-3-2-4-6-14/h2-11H,1H3,(H,18,19). The van der Waals surface area contributed by atoms with E-state index in [1.165, 1.54) is 12.1 Å². The minimum absolute atomic E-state index is 0.259. The fourth-order valence-corrected chi connectivity index (χ4v) is 2.08. The van der Waals surface area contributed by atoms with E-state index in [4.69, 9.17) is 0 Å². The van der Waals surface area contributed by atoms with Crippen LogP contribution < -0.4 is 5.32 Å². The number of hydrogen-bond donors (Lipinski definition) is 1.